The predicted octanol–water partition coefficient (Wildman–Crippen LogP) is 2.62. The summed E-state index contributed by atoms with van der Waals surface area (Å²) in [5, 5.41) is -0.117. The molecule has 2 N–H and O–H groups in total. The van der Waals surface area contributed by atoms with Crippen LogP contribution in [0.1, 0.15) is 5.56 Å². The van der Waals surface area contributed by atoms with Crippen molar-refractivity contribution in [3.8, 4) is 22.5 Å². The third-order valence-corrected chi connectivity index (χ3v) is 7.18. The SMILES string of the molecule is Cn1c(=O)c2c(nc(-c3ccc(P(=O)(O)O)cc3)n2Cc2ccc(-c3ccccc3)cc2)n(C)c1=O. The molecule has 9 nitrogen and oxygen atoms in total. The second-order valence-corrected chi connectivity index (χ2v) is 10.2. The summed E-state index contributed by atoms with van der Waals surface area (Å²) in [5.74, 6) is 0.410. The molecule has 0 saturated heterocycles. The molecule has 0 aliphatic carbocycles. The first-order valence-corrected chi connectivity index (χ1v) is 12.7. The summed E-state index contributed by atoms with van der Waals surface area (Å²) < 4.78 is 15.7. The van der Waals surface area contributed by atoms with Crippen LogP contribution in [0.3, 0.4) is 0 Å². The molecule has 5 aromatic rings. The van der Waals surface area contributed by atoms with Crippen molar-refractivity contribution in [2.75, 3.05) is 0 Å². The highest BCUT2D eigenvalue weighted by Crippen LogP contribution is 2.34. The average molecular weight is 502 g/mol. The maximum Gasteiger partial charge on any atom is 0.356 e. The van der Waals surface area contributed by atoms with E-state index in [1.807, 2.05) is 54.6 Å². The minimum atomic E-state index is -4.41. The van der Waals surface area contributed by atoms with E-state index in [-0.39, 0.29) is 16.5 Å². The predicted molar refractivity (Wildman–Crippen MR) is 138 cm³/mol. The third kappa shape index (κ3) is 4.13. The highest BCUT2D eigenvalue weighted by Gasteiger charge is 2.22. The van der Waals surface area contributed by atoms with E-state index in [1.54, 1.807) is 23.7 Å². The first-order chi connectivity index (χ1) is 17.1. The van der Waals surface area contributed by atoms with E-state index in [2.05, 4.69) is 4.98 Å². The summed E-state index contributed by atoms with van der Waals surface area (Å²) in [5.41, 5.74) is 3.15. The van der Waals surface area contributed by atoms with Crippen molar-refractivity contribution in [3.63, 3.8) is 0 Å². The van der Waals surface area contributed by atoms with Gasteiger partial charge in [-0.2, -0.15) is 0 Å². The Morgan fingerprint density at radius 3 is 1.97 bits per heavy atom. The minimum absolute atomic E-state index is 0.117. The fourth-order valence-electron chi connectivity index (χ4n) is 4.24. The molecule has 0 fully saturated rings. The Morgan fingerprint density at radius 2 is 1.36 bits per heavy atom. The zero-order valence-corrected chi connectivity index (χ0v) is 20.5. The molecular formula is C26H23N4O5P. The van der Waals surface area contributed by atoms with Crippen LogP contribution < -0.4 is 16.6 Å². The van der Waals surface area contributed by atoms with Gasteiger partial charge in [0.1, 0.15) is 5.82 Å². The number of fused-ring (bicyclic) bond motifs is 1. The van der Waals surface area contributed by atoms with Crippen LogP contribution in [0.5, 0.6) is 0 Å². The van der Waals surface area contributed by atoms with Gasteiger partial charge in [-0.05, 0) is 28.8 Å². The van der Waals surface area contributed by atoms with Crippen molar-refractivity contribution in [3.05, 3.63) is 105 Å². The van der Waals surface area contributed by atoms with E-state index >= 15 is 0 Å². The van der Waals surface area contributed by atoms with Gasteiger partial charge in [-0.1, -0.05) is 66.7 Å². The highest BCUT2D eigenvalue weighted by atomic mass is 31.2. The summed E-state index contributed by atoms with van der Waals surface area (Å²) >= 11 is 0. The first-order valence-electron chi connectivity index (χ1n) is 11.1. The second-order valence-electron chi connectivity index (χ2n) is 8.55. The number of hydrogen-bond donors (Lipinski definition) is 2. The molecule has 2 aromatic heterocycles. The number of imidazole rings is 1. The van der Waals surface area contributed by atoms with Gasteiger partial charge >= 0.3 is 13.3 Å². The van der Waals surface area contributed by atoms with Crippen LogP contribution in [0.25, 0.3) is 33.7 Å². The summed E-state index contributed by atoms with van der Waals surface area (Å²) in [7, 11) is -1.44. The molecule has 0 radical (unpaired) electrons. The molecule has 5 rings (SSSR count). The van der Waals surface area contributed by atoms with Crippen molar-refractivity contribution in [1.29, 1.82) is 0 Å². The standard InChI is InChI=1S/C26H23N4O5P/c1-28-24-22(25(31)29(2)26(28)32)30(23(27-24)20-12-14-21(15-13-20)36(33,34)35)16-17-8-10-19(11-9-17)18-6-4-3-5-7-18/h3-15H,16H2,1-2H3,(H2,33,34,35). The Morgan fingerprint density at radius 1 is 0.778 bits per heavy atom. The molecule has 2 heterocycles. The lowest BCUT2D eigenvalue weighted by Crippen LogP contribution is -2.37. The van der Waals surface area contributed by atoms with Gasteiger partial charge in [-0.3, -0.25) is 18.5 Å². The number of nitrogens with zero attached hydrogens (tertiary/aromatic N) is 4. The van der Waals surface area contributed by atoms with E-state index in [0.29, 0.717) is 17.9 Å². The summed E-state index contributed by atoms with van der Waals surface area (Å²) in [6, 6.07) is 23.7. The quantitative estimate of drug-likeness (QED) is 0.357. The van der Waals surface area contributed by atoms with Crippen molar-refractivity contribution in [2.24, 2.45) is 14.1 Å². The summed E-state index contributed by atoms with van der Waals surface area (Å²) in [6.07, 6.45) is 0. The molecule has 0 spiro atoms. The molecule has 3 aromatic carbocycles. The minimum Gasteiger partial charge on any atom is -0.321 e. The van der Waals surface area contributed by atoms with Gasteiger partial charge in [0.25, 0.3) is 5.56 Å². The number of aryl methyl sites for hydroxylation is 1. The van der Waals surface area contributed by atoms with Gasteiger partial charge in [0, 0.05) is 26.2 Å². The van der Waals surface area contributed by atoms with E-state index in [9.17, 15) is 23.9 Å². The van der Waals surface area contributed by atoms with Gasteiger partial charge in [-0.15, -0.1) is 0 Å². The van der Waals surface area contributed by atoms with Gasteiger partial charge < -0.3 is 14.4 Å². The van der Waals surface area contributed by atoms with Gasteiger partial charge in [0.05, 0.1) is 5.30 Å². The van der Waals surface area contributed by atoms with Crippen LogP contribution in [0, 0.1) is 0 Å². The molecule has 0 amide bonds. The molecule has 0 atom stereocenters. The zero-order chi connectivity index (χ0) is 25.6. The van der Waals surface area contributed by atoms with Crippen LogP contribution in [0.2, 0.25) is 0 Å². The number of aromatic nitrogens is 4. The Bertz CT molecular complexity index is 1750. The van der Waals surface area contributed by atoms with Crippen molar-refractivity contribution in [2.45, 2.75) is 6.54 Å². The summed E-state index contributed by atoms with van der Waals surface area (Å²) in [4.78, 5) is 49.2. The molecule has 36 heavy (non-hydrogen) atoms. The van der Waals surface area contributed by atoms with E-state index in [1.165, 1.54) is 23.7 Å². The highest BCUT2D eigenvalue weighted by molar-refractivity contribution is 7.60. The smallest absolute Gasteiger partial charge is 0.321 e. The molecule has 0 unspecified atom stereocenters. The number of benzene rings is 3. The Hall–Kier alpha value is -4.04. The lowest BCUT2D eigenvalue weighted by Gasteiger charge is -2.11. The molecular weight excluding hydrogens is 479 g/mol. The van der Waals surface area contributed by atoms with Gasteiger partial charge in [0.15, 0.2) is 11.2 Å². The average Bonchev–Trinajstić information content (AvgIpc) is 3.26. The van der Waals surface area contributed by atoms with Crippen LogP contribution in [0.4, 0.5) is 0 Å². The van der Waals surface area contributed by atoms with Crippen LogP contribution in [-0.2, 0) is 25.2 Å². The maximum atomic E-state index is 13.2. The Kier molecular flexibility index (Phi) is 5.84. The molecule has 0 aliphatic heterocycles. The first kappa shape index (κ1) is 23.7. The second kappa shape index (κ2) is 8.87. The van der Waals surface area contributed by atoms with Crippen LogP contribution in [0.15, 0.2) is 88.5 Å². The third-order valence-electron chi connectivity index (χ3n) is 6.21. The molecule has 0 saturated carbocycles. The van der Waals surface area contributed by atoms with Crippen molar-refractivity contribution < 1.29 is 14.4 Å². The fourth-order valence-corrected chi connectivity index (χ4v) is 4.78. The van der Waals surface area contributed by atoms with Gasteiger partial charge in [-0.25, -0.2) is 9.78 Å². The van der Waals surface area contributed by atoms with Crippen LogP contribution >= 0.6 is 7.60 Å². The zero-order valence-electron chi connectivity index (χ0n) is 19.6. The topological polar surface area (TPSA) is 119 Å². The number of hydrogen-bond acceptors (Lipinski definition) is 4. The van der Waals surface area contributed by atoms with E-state index in [0.717, 1.165) is 21.3 Å². The van der Waals surface area contributed by atoms with Crippen molar-refractivity contribution in [1.82, 2.24) is 18.7 Å². The largest absolute Gasteiger partial charge is 0.356 e. The fraction of sp³-hybridized carbons (Fsp3) is 0.115. The molecule has 10 heteroatoms. The van der Waals surface area contributed by atoms with Gasteiger partial charge in [0.2, 0.25) is 0 Å². The Balaban J connectivity index is 1.66. The lowest BCUT2D eigenvalue weighted by molar-refractivity contribution is 0.387. The molecule has 0 aliphatic rings. The number of rotatable bonds is 5. The van der Waals surface area contributed by atoms with Crippen LogP contribution in [-0.4, -0.2) is 28.5 Å². The molecule has 0 bridgehead atoms. The maximum absolute atomic E-state index is 13.2. The van der Waals surface area contributed by atoms with Crippen molar-refractivity contribution >= 4 is 24.1 Å². The normalized spacial score (nSPS) is 11.8. The lowest BCUT2D eigenvalue weighted by atomic mass is 10.0. The Labute approximate surface area is 205 Å². The monoisotopic (exact) mass is 502 g/mol. The molecule has 182 valence electrons. The van der Waals surface area contributed by atoms with E-state index < -0.39 is 18.8 Å². The van der Waals surface area contributed by atoms with E-state index in [4.69, 9.17) is 0 Å². The summed E-state index contributed by atoms with van der Waals surface area (Å²) in [6.45, 7) is 0.300.